The van der Waals surface area contributed by atoms with E-state index in [1.54, 1.807) is 67.8 Å². The molecule has 3 rings (SSSR count). The maximum Gasteiger partial charge on any atom is 0.267 e. The summed E-state index contributed by atoms with van der Waals surface area (Å²) in [5, 5.41) is -0.456. The Balaban J connectivity index is 2.18. The van der Waals surface area contributed by atoms with Crippen LogP contribution >= 0.6 is 58.2 Å². The van der Waals surface area contributed by atoms with E-state index in [4.69, 9.17) is 51.1 Å². The number of thioether (sulfide) groups is 1. The molecule has 2 aromatic carbocycles. The summed E-state index contributed by atoms with van der Waals surface area (Å²) in [6.07, 6.45) is 3.54. The topological polar surface area (TPSA) is 46.6 Å². The summed E-state index contributed by atoms with van der Waals surface area (Å²) in [6.45, 7) is 1.81. The zero-order valence-corrected chi connectivity index (χ0v) is 19.8. The van der Waals surface area contributed by atoms with Crippen LogP contribution in [-0.2, 0) is 15.1 Å². The van der Waals surface area contributed by atoms with Crippen molar-refractivity contribution in [3.05, 3.63) is 66.2 Å². The van der Waals surface area contributed by atoms with Gasteiger partial charge in [-0.2, -0.15) is 0 Å². The molecule has 0 spiro atoms. The number of para-hydroxylation sites is 1. The molecule has 4 nitrogen and oxygen atoms in total. The second-order valence-electron chi connectivity index (χ2n) is 6.40. The van der Waals surface area contributed by atoms with Gasteiger partial charge in [0.05, 0.1) is 12.8 Å². The van der Waals surface area contributed by atoms with Crippen LogP contribution in [0.4, 0.5) is 5.69 Å². The fraction of sp³-hybridized carbons (Fsp3) is 0.238. The Morgan fingerprint density at radius 3 is 2.33 bits per heavy atom. The van der Waals surface area contributed by atoms with E-state index in [9.17, 15) is 9.59 Å². The van der Waals surface area contributed by atoms with Gasteiger partial charge in [0.25, 0.3) is 5.91 Å². The van der Waals surface area contributed by atoms with Crippen molar-refractivity contribution in [2.45, 2.75) is 26.5 Å². The lowest BCUT2D eigenvalue weighted by Crippen LogP contribution is -2.75. The number of allylic oxidation sites excluding steroid dienone is 1. The van der Waals surface area contributed by atoms with Crippen LogP contribution in [0, 0.1) is 0 Å². The van der Waals surface area contributed by atoms with Crippen LogP contribution < -0.4 is 9.64 Å². The van der Waals surface area contributed by atoms with Gasteiger partial charge in [0.15, 0.2) is 4.84 Å². The highest BCUT2D eigenvalue weighted by molar-refractivity contribution is 8.14. The molecule has 1 amide bonds. The van der Waals surface area contributed by atoms with Crippen LogP contribution in [0.3, 0.4) is 0 Å². The van der Waals surface area contributed by atoms with Crippen molar-refractivity contribution in [1.82, 2.24) is 0 Å². The summed E-state index contributed by atoms with van der Waals surface area (Å²) >= 11 is 25.5. The molecule has 1 unspecified atom stereocenters. The van der Waals surface area contributed by atoms with E-state index in [-0.39, 0.29) is 0 Å². The fourth-order valence-corrected chi connectivity index (χ4v) is 5.07. The quantitative estimate of drug-likeness (QED) is 0.206. The van der Waals surface area contributed by atoms with E-state index in [0.29, 0.717) is 21.9 Å². The van der Waals surface area contributed by atoms with Crippen LogP contribution in [-0.4, -0.2) is 27.3 Å². The van der Waals surface area contributed by atoms with Gasteiger partial charge in [-0.3, -0.25) is 14.5 Å². The number of amides is 1. The lowest BCUT2D eigenvalue weighted by atomic mass is 9.75. The predicted octanol–water partition coefficient (Wildman–Crippen LogP) is 6.11. The van der Waals surface area contributed by atoms with Crippen molar-refractivity contribution in [1.29, 1.82) is 0 Å². The number of hydrogen-bond donors (Lipinski definition) is 0. The van der Waals surface area contributed by atoms with E-state index in [2.05, 4.69) is 0 Å². The van der Waals surface area contributed by atoms with Crippen LogP contribution in [0.2, 0.25) is 0 Å². The SMILES string of the molecule is C/C=C\C1(c2ccc(OC)cc2)N(c2ccccc2SC(=O)C(Cl)Cl)C(=O)C1(Cl)Cl. The molecule has 0 radical (unpaired) electrons. The monoisotopic (exact) mass is 503 g/mol. The Morgan fingerprint density at radius 1 is 1.13 bits per heavy atom. The second kappa shape index (κ2) is 9.01. The van der Waals surface area contributed by atoms with Crippen LogP contribution in [0.25, 0.3) is 0 Å². The molecule has 30 heavy (non-hydrogen) atoms. The normalized spacial score (nSPS) is 20.5. The number of alkyl halides is 4. The van der Waals surface area contributed by atoms with Crippen LogP contribution in [0.1, 0.15) is 12.5 Å². The van der Waals surface area contributed by atoms with Crippen molar-refractivity contribution in [2.75, 3.05) is 12.0 Å². The fourth-order valence-electron chi connectivity index (χ4n) is 3.40. The molecule has 9 heteroatoms. The van der Waals surface area contributed by atoms with Crippen LogP contribution in [0.15, 0.2) is 65.6 Å². The largest absolute Gasteiger partial charge is 0.497 e. The average molecular weight is 505 g/mol. The Hall–Kier alpha value is -1.37. The molecule has 1 fully saturated rings. The van der Waals surface area contributed by atoms with Gasteiger partial charge >= 0.3 is 0 Å². The highest BCUT2D eigenvalue weighted by Gasteiger charge is 2.70. The summed E-state index contributed by atoms with van der Waals surface area (Å²) in [7, 11) is 1.56. The van der Waals surface area contributed by atoms with Crippen molar-refractivity contribution in [3.63, 3.8) is 0 Å². The van der Waals surface area contributed by atoms with Gasteiger partial charge in [0, 0.05) is 4.90 Å². The third-order valence-electron chi connectivity index (χ3n) is 4.74. The van der Waals surface area contributed by atoms with Crippen molar-refractivity contribution in [2.24, 2.45) is 0 Å². The van der Waals surface area contributed by atoms with E-state index < -0.39 is 25.7 Å². The van der Waals surface area contributed by atoms with Gasteiger partial charge in [0.1, 0.15) is 11.3 Å². The minimum atomic E-state index is -1.75. The number of methoxy groups -OCH3 is 1. The molecule has 0 aliphatic carbocycles. The molecule has 0 saturated carbocycles. The molecule has 1 aliphatic rings. The Morgan fingerprint density at radius 2 is 1.77 bits per heavy atom. The summed E-state index contributed by atoms with van der Waals surface area (Å²) < 4.78 is 3.48. The zero-order valence-electron chi connectivity index (χ0n) is 15.9. The molecule has 1 saturated heterocycles. The predicted molar refractivity (Wildman–Crippen MR) is 124 cm³/mol. The number of hydrogen-bond acceptors (Lipinski definition) is 4. The molecule has 1 aliphatic heterocycles. The number of ether oxygens (including phenoxy) is 1. The first-order valence-electron chi connectivity index (χ1n) is 8.80. The third-order valence-corrected chi connectivity index (χ3v) is 7.29. The highest BCUT2D eigenvalue weighted by atomic mass is 35.5. The summed E-state index contributed by atoms with van der Waals surface area (Å²) in [5.41, 5.74) is -0.0414. The lowest BCUT2D eigenvalue weighted by molar-refractivity contribution is -0.127. The number of halogens is 4. The van der Waals surface area contributed by atoms with E-state index in [0.717, 1.165) is 11.8 Å². The molecule has 1 heterocycles. The van der Waals surface area contributed by atoms with E-state index >= 15 is 0 Å². The molecular formula is C21H17Cl4NO3S. The number of β-lactam (4-membered cyclic amide) rings is 1. The number of anilines is 1. The first kappa shape index (κ1) is 23.3. The minimum absolute atomic E-state index is 0.456. The Bertz CT molecular complexity index is 994. The van der Waals surface area contributed by atoms with Crippen LogP contribution in [0.5, 0.6) is 5.75 Å². The van der Waals surface area contributed by atoms with Crippen molar-refractivity contribution < 1.29 is 14.3 Å². The van der Waals surface area contributed by atoms with Gasteiger partial charge in [-0.1, -0.05) is 82.8 Å². The van der Waals surface area contributed by atoms with Gasteiger partial charge in [-0.15, -0.1) is 0 Å². The third kappa shape index (κ3) is 3.71. The van der Waals surface area contributed by atoms with Gasteiger partial charge in [-0.25, -0.2) is 0 Å². The average Bonchev–Trinajstić information content (AvgIpc) is 2.74. The zero-order chi connectivity index (χ0) is 22.1. The molecule has 158 valence electrons. The molecule has 0 N–H and O–H groups in total. The summed E-state index contributed by atoms with van der Waals surface area (Å²) in [4.78, 5) is 26.0. The van der Waals surface area contributed by atoms with Gasteiger partial charge < -0.3 is 4.74 Å². The maximum atomic E-state index is 13.1. The first-order valence-corrected chi connectivity index (χ1v) is 11.2. The number of carbonyl (C=O) groups is 2. The highest BCUT2D eigenvalue weighted by Crippen LogP contribution is 2.59. The van der Waals surface area contributed by atoms with E-state index in [1.165, 1.54) is 4.90 Å². The molecule has 0 bridgehead atoms. The Kier molecular flexibility index (Phi) is 7.00. The first-order chi connectivity index (χ1) is 14.2. The number of nitrogens with zero attached hydrogens (tertiary/aromatic N) is 1. The second-order valence-corrected chi connectivity index (χ2v) is 9.87. The molecule has 2 aromatic rings. The van der Waals surface area contributed by atoms with Gasteiger partial charge in [-0.05, 0) is 48.5 Å². The maximum absolute atomic E-state index is 13.1. The molecule has 1 atom stereocenters. The van der Waals surface area contributed by atoms with Gasteiger partial charge in [0.2, 0.25) is 9.45 Å². The van der Waals surface area contributed by atoms with Crippen molar-refractivity contribution in [3.8, 4) is 5.75 Å². The molecule has 0 aromatic heterocycles. The lowest BCUT2D eigenvalue weighted by Gasteiger charge is -2.58. The smallest absolute Gasteiger partial charge is 0.267 e. The summed E-state index contributed by atoms with van der Waals surface area (Å²) in [6, 6.07) is 14.1. The summed E-state index contributed by atoms with van der Waals surface area (Å²) in [5.74, 6) is 0.145. The molecular weight excluding hydrogens is 488 g/mol. The Labute approximate surface area is 199 Å². The standard InChI is InChI=1S/C21H17Cl4NO3S/c1-3-12-20(13-8-10-14(29-2)11-9-13)21(24,25)19(28)26(20)15-6-4-5-7-16(15)30-18(27)17(22)23/h3-12,17H,1-2H3/b12-3-. The van der Waals surface area contributed by atoms with Crippen molar-refractivity contribution >= 4 is 74.9 Å². The number of carbonyl (C=O) groups excluding carboxylic acids is 2. The van der Waals surface area contributed by atoms with E-state index in [1.807, 2.05) is 6.92 Å². The number of benzene rings is 2. The number of rotatable bonds is 6. The minimum Gasteiger partial charge on any atom is -0.497 e.